The van der Waals surface area contributed by atoms with Crippen molar-refractivity contribution in [2.24, 2.45) is 0 Å². The molecule has 4 rings (SSSR count). The van der Waals surface area contributed by atoms with Gasteiger partial charge in [-0.25, -0.2) is 0 Å². The van der Waals surface area contributed by atoms with Gasteiger partial charge in [0.25, 0.3) is 0 Å². The molecule has 0 bridgehead atoms. The second-order valence-electron chi connectivity index (χ2n) is 10.4. The highest BCUT2D eigenvalue weighted by Crippen LogP contribution is 2.36. The van der Waals surface area contributed by atoms with E-state index < -0.39 is 42.5 Å². The minimum Gasteiger partial charge on any atom is -0.460 e. The predicted octanol–water partition coefficient (Wildman–Crippen LogP) is 3.66. The Bertz CT molecular complexity index is 1040. The monoisotopic (exact) mass is 527 g/mol. The molecule has 2 aliphatic rings. The number of hydrogen-bond acceptors (Lipinski definition) is 8. The topological polar surface area (TPSA) is 102 Å². The molecule has 2 saturated heterocycles. The van der Waals surface area contributed by atoms with E-state index >= 15 is 0 Å². The lowest BCUT2D eigenvalue weighted by Crippen LogP contribution is -2.67. The number of rotatable bonds is 9. The molecule has 0 saturated carbocycles. The zero-order valence-corrected chi connectivity index (χ0v) is 22.3. The van der Waals surface area contributed by atoms with E-state index in [1.165, 1.54) is 6.92 Å². The van der Waals surface area contributed by atoms with Gasteiger partial charge in [0.1, 0.15) is 30.0 Å². The van der Waals surface area contributed by atoms with Crippen molar-refractivity contribution in [1.29, 1.82) is 0 Å². The minimum atomic E-state index is -0.827. The summed E-state index contributed by atoms with van der Waals surface area (Å²) in [6, 6.07) is 18.6. The van der Waals surface area contributed by atoms with Crippen LogP contribution in [-0.2, 0) is 44.6 Å². The molecule has 0 aromatic heterocycles. The lowest BCUT2D eigenvalue weighted by molar-refractivity contribution is -0.349. The standard InChI is InChI=1S/C29H37NO8/c1-19(31)30-24-26(33-16-15-23(32)38-29(2,3)4)25-22(18-35-27(37-25)21-13-9-6-10-14-21)36-28(24)34-17-20-11-7-5-8-12-20/h5-14,22,24-28H,15-18H2,1-4H3,(H,30,31)/t22-,24+,25-,26+,27-,28-/m1/s1. The van der Waals surface area contributed by atoms with Crippen molar-refractivity contribution >= 4 is 11.9 Å². The predicted molar refractivity (Wildman–Crippen MR) is 138 cm³/mol. The smallest absolute Gasteiger partial charge is 0.308 e. The fraction of sp³-hybridized carbons (Fsp3) is 0.517. The average molecular weight is 528 g/mol. The van der Waals surface area contributed by atoms with Crippen LogP contribution in [0.3, 0.4) is 0 Å². The molecule has 1 amide bonds. The quantitative estimate of drug-likeness (QED) is 0.493. The van der Waals surface area contributed by atoms with E-state index in [9.17, 15) is 9.59 Å². The van der Waals surface area contributed by atoms with Gasteiger partial charge in [0, 0.05) is 12.5 Å². The van der Waals surface area contributed by atoms with Crippen LogP contribution in [0.4, 0.5) is 0 Å². The van der Waals surface area contributed by atoms with Crippen LogP contribution in [0.5, 0.6) is 0 Å². The zero-order chi connectivity index (χ0) is 27.1. The van der Waals surface area contributed by atoms with E-state index in [1.54, 1.807) is 0 Å². The van der Waals surface area contributed by atoms with Gasteiger partial charge < -0.3 is 33.7 Å². The molecule has 0 radical (unpaired) electrons. The van der Waals surface area contributed by atoms with Crippen LogP contribution in [0.25, 0.3) is 0 Å². The first kappa shape index (κ1) is 28.2. The molecule has 9 heteroatoms. The molecule has 2 heterocycles. The zero-order valence-electron chi connectivity index (χ0n) is 22.3. The molecule has 0 aliphatic carbocycles. The number of carbonyl (C=O) groups is 2. The fourth-order valence-corrected chi connectivity index (χ4v) is 4.50. The number of ether oxygens (including phenoxy) is 6. The highest BCUT2D eigenvalue weighted by atomic mass is 16.7. The average Bonchev–Trinajstić information content (AvgIpc) is 2.88. The van der Waals surface area contributed by atoms with Gasteiger partial charge in [-0.15, -0.1) is 0 Å². The molecule has 2 fully saturated rings. The van der Waals surface area contributed by atoms with Crippen LogP contribution >= 0.6 is 0 Å². The summed E-state index contributed by atoms with van der Waals surface area (Å²) in [7, 11) is 0. The summed E-state index contributed by atoms with van der Waals surface area (Å²) in [5.41, 5.74) is 1.22. The van der Waals surface area contributed by atoms with E-state index in [2.05, 4.69) is 5.32 Å². The number of nitrogens with one attached hydrogen (secondary N) is 1. The highest BCUT2D eigenvalue weighted by molar-refractivity contribution is 5.73. The Hall–Kier alpha value is -2.82. The molecule has 0 spiro atoms. The summed E-state index contributed by atoms with van der Waals surface area (Å²) < 4.78 is 36.4. The summed E-state index contributed by atoms with van der Waals surface area (Å²) in [6.45, 7) is 7.47. The number of benzene rings is 2. The largest absolute Gasteiger partial charge is 0.460 e. The molecule has 0 unspecified atom stereocenters. The Balaban J connectivity index is 1.53. The first-order chi connectivity index (χ1) is 18.2. The molecule has 9 nitrogen and oxygen atoms in total. The maximum atomic E-state index is 12.3. The number of carbonyl (C=O) groups excluding carboxylic acids is 2. The van der Waals surface area contributed by atoms with Gasteiger partial charge in [-0.1, -0.05) is 60.7 Å². The van der Waals surface area contributed by atoms with Crippen molar-refractivity contribution in [3.8, 4) is 0 Å². The van der Waals surface area contributed by atoms with Crippen LogP contribution in [0.1, 0.15) is 51.5 Å². The van der Waals surface area contributed by atoms with Gasteiger partial charge in [0.15, 0.2) is 12.6 Å². The van der Waals surface area contributed by atoms with E-state index in [0.29, 0.717) is 0 Å². The maximum Gasteiger partial charge on any atom is 0.308 e. The Kier molecular flexibility index (Phi) is 9.51. The Morgan fingerprint density at radius 3 is 2.32 bits per heavy atom. The second-order valence-corrected chi connectivity index (χ2v) is 10.4. The van der Waals surface area contributed by atoms with Crippen LogP contribution < -0.4 is 5.32 Å². The number of esters is 1. The third-order valence-corrected chi connectivity index (χ3v) is 6.07. The van der Waals surface area contributed by atoms with E-state index in [4.69, 9.17) is 28.4 Å². The molecule has 2 aromatic rings. The lowest BCUT2D eigenvalue weighted by atomic mass is 9.95. The van der Waals surface area contributed by atoms with Gasteiger partial charge in [0.2, 0.25) is 5.91 Å². The number of hydrogen-bond donors (Lipinski definition) is 1. The van der Waals surface area contributed by atoms with E-state index in [-0.39, 0.29) is 38.1 Å². The van der Waals surface area contributed by atoms with Crippen LogP contribution in [0, 0.1) is 0 Å². The lowest BCUT2D eigenvalue weighted by Gasteiger charge is -2.49. The van der Waals surface area contributed by atoms with Crippen LogP contribution in [0.2, 0.25) is 0 Å². The van der Waals surface area contributed by atoms with Gasteiger partial charge in [-0.05, 0) is 26.3 Å². The van der Waals surface area contributed by atoms with Crippen molar-refractivity contribution in [1.82, 2.24) is 5.32 Å². The van der Waals surface area contributed by atoms with Crippen LogP contribution in [-0.4, -0.2) is 61.3 Å². The van der Waals surface area contributed by atoms with Gasteiger partial charge in [-0.3, -0.25) is 9.59 Å². The molecule has 38 heavy (non-hydrogen) atoms. The molecular formula is C29H37NO8. The Morgan fingerprint density at radius 1 is 0.974 bits per heavy atom. The Labute approximate surface area is 223 Å². The molecule has 2 aromatic carbocycles. The Morgan fingerprint density at radius 2 is 1.66 bits per heavy atom. The summed E-state index contributed by atoms with van der Waals surface area (Å²) in [5.74, 6) is -0.637. The summed E-state index contributed by atoms with van der Waals surface area (Å²) in [4.78, 5) is 24.6. The van der Waals surface area contributed by atoms with Crippen molar-refractivity contribution in [2.45, 2.75) is 83.3 Å². The van der Waals surface area contributed by atoms with Crippen molar-refractivity contribution in [2.75, 3.05) is 13.2 Å². The molecular weight excluding hydrogens is 490 g/mol. The summed E-state index contributed by atoms with van der Waals surface area (Å²) in [5, 5.41) is 2.93. The van der Waals surface area contributed by atoms with Crippen LogP contribution in [0.15, 0.2) is 60.7 Å². The van der Waals surface area contributed by atoms with Gasteiger partial charge in [-0.2, -0.15) is 0 Å². The maximum absolute atomic E-state index is 12.3. The van der Waals surface area contributed by atoms with Gasteiger partial charge >= 0.3 is 5.97 Å². The van der Waals surface area contributed by atoms with Crippen molar-refractivity contribution < 1.29 is 38.0 Å². The molecule has 2 aliphatic heterocycles. The van der Waals surface area contributed by atoms with Crippen molar-refractivity contribution in [3.63, 3.8) is 0 Å². The third kappa shape index (κ3) is 7.85. The van der Waals surface area contributed by atoms with Crippen molar-refractivity contribution in [3.05, 3.63) is 71.8 Å². The molecule has 1 N–H and O–H groups in total. The minimum absolute atomic E-state index is 0.0486. The highest BCUT2D eigenvalue weighted by Gasteiger charge is 2.51. The summed E-state index contributed by atoms with van der Waals surface area (Å²) in [6.07, 6.45) is -3.16. The number of amides is 1. The third-order valence-electron chi connectivity index (χ3n) is 6.07. The van der Waals surface area contributed by atoms with E-state index in [0.717, 1.165) is 11.1 Å². The summed E-state index contributed by atoms with van der Waals surface area (Å²) >= 11 is 0. The molecule has 206 valence electrons. The van der Waals surface area contributed by atoms with E-state index in [1.807, 2.05) is 81.4 Å². The second kappa shape index (κ2) is 12.8. The number of fused-ring (bicyclic) bond motifs is 1. The fourth-order valence-electron chi connectivity index (χ4n) is 4.50. The first-order valence-electron chi connectivity index (χ1n) is 12.9. The molecule has 6 atom stereocenters. The van der Waals surface area contributed by atoms with Gasteiger partial charge in [0.05, 0.1) is 26.2 Å². The normalized spacial score (nSPS) is 27.3. The first-order valence-corrected chi connectivity index (χ1v) is 12.9. The SMILES string of the molecule is CC(=O)N[C@@H]1[C@H](OCc2ccccc2)O[C@@H]2CO[C@@H](c3ccccc3)O[C@H]2[C@H]1OCCC(=O)OC(C)(C)C.